The number of hydrogen-bond acceptors (Lipinski definition) is 3. The highest BCUT2D eigenvalue weighted by molar-refractivity contribution is 5.97. The Labute approximate surface area is 122 Å². The van der Waals surface area contributed by atoms with Crippen LogP contribution in [0.1, 0.15) is 27.5 Å². The number of carbonyl (C=O) groups excluding carboxylic acids is 1. The number of nitrogen functional groups attached to an aromatic ring is 1. The average Bonchev–Trinajstić information content (AvgIpc) is 2.48. The van der Waals surface area contributed by atoms with E-state index in [2.05, 4.69) is 5.32 Å². The molecule has 2 aromatic rings. The highest BCUT2D eigenvalue weighted by Gasteiger charge is 2.22. The number of benzene rings is 2. The number of anilines is 1. The predicted octanol–water partition coefficient (Wildman–Crippen LogP) is 2.13. The normalized spacial score (nSPS) is 11.7. The first-order chi connectivity index (χ1) is 9.99. The van der Waals surface area contributed by atoms with Crippen molar-refractivity contribution in [2.24, 2.45) is 0 Å². The minimum absolute atomic E-state index is 0.379. The fraction of sp³-hybridized carbons (Fsp3) is 0.125. The minimum Gasteiger partial charge on any atom is -0.479 e. The van der Waals surface area contributed by atoms with E-state index in [1.807, 2.05) is 0 Å². The summed E-state index contributed by atoms with van der Waals surface area (Å²) in [6.07, 6.45) is 0. The highest BCUT2D eigenvalue weighted by Crippen LogP contribution is 2.16. The van der Waals surface area contributed by atoms with Gasteiger partial charge in [-0.1, -0.05) is 30.3 Å². The summed E-state index contributed by atoms with van der Waals surface area (Å²) in [5, 5.41) is 11.8. The first-order valence-corrected chi connectivity index (χ1v) is 6.44. The molecule has 108 valence electrons. The van der Waals surface area contributed by atoms with Gasteiger partial charge < -0.3 is 16.2 Å². The summed E-state index contributed by atoms with van der Waals surface area (Å²) < 4.78 is 0. The monoisotopic (exact) mass is 284 g/mol. The molecule has 2 aromatic carbocycles. The second-order valence-electron chi connectivity index (χ2n) is 4.73. The van der Waals surface area contributed by atoms with E-state index >= 15 is 0 Å². The van der Waals surface area contributed by atoms with E-state index in [9.17, 15) is 14.7 Å². The molecule has 0 aliphatic carbocycles. The molecule has 0 saturated carbocycles. The van der Waals surface area contributed by atoms with Crippen LogP contribution in [0.25, 0.3) is 0 Å². The molecule has 0 aliphatic rings. The predicted molar refractivity (Wildman–Crippen MR) is 79.9 cm³/mol. The van der Waals surface area contributed by atoms with Gasteiger partial charge in [-0.05, 0) is 36.2 Å². The quantitative estimate of drug-likeness (QED) is 0.750. The molecule has 4 N–H and O–H groups in total. The zero-order valence-electron chi connectivity index (χ0n) is 11.5. The number of aryl methyl sites for hydroxylation is 1. The minimum atomic E-state index is -1.11. The molecule has 0 heterocycles. The molecule has 2 rings (SSSR count). The van der Waals surface area contributed by atoms with Crippen LogP contribution in [0, 0.1) is 6.92 Å². The second-order valence-corrected chi connectivity index (χ2v) is 4.73. The Bertz CT molecular complexity index is 668. The van der Waals surface area contributed by atoms with E-state index < -0.39 is 17.9 Å². The number of nitrogens with one attached hydrogen (secondary N) is 1. The maximum atomic E-state index is 12.2. The third-order valence-electron chi connectivity index (χ3n) is 3.19. The molecule has 5 nitrogen and oxygen atoms in total. The van der Waals surface area contributed by atoms with Gasteiger partial charge in [-0.25, -0.2) is 4.79 Å². The average molecular weight is 284 g/mol. The van der Waals surface area contributed by atoms with E-state index in [-0.39, 0.29) is 0 Å². The fourth-order valence-corrected chi connectivity index (χ4v) is 1.96. The van der Waals surface area contributed by atoms with E-state index in [1.165, 1.54) is 0 Å². The summed E-state index contributed by atoms with van der Waals surface area (Å²) in [5.74, 6) is -1.56. The lowest BCUT2D eigenvalue weighted by molar-refractivity contribution is -0.139. The van der Waals surface area contributed by atoms with Gasteiger partial charge in [-0.15, -0.1) is 0 Å². The molecule has 5 heteroatoms. The third kappa shape index (κ3) is 3.39. The lowest BCUT2D eigenvalue weighted by Gasteiger charge is -2.15. The molecule has 21 heavy (non-hydrogen) atoms. The van der Waals surface area contributed by atoms with Gasteiger partial charge in [0.25, 0.3) is 5.91 Å². The van der Waals surface area contributed by atoms with Crippen LogP contribution in [0.5, 0.6) is 0 Å². The molecule has 0 aromatic heterocycles. The summed E-state index contributed by atoms with van der Waals surface area (Å²) in [6, 6.07) is 12.3. The summed E-state index contributed by atoms with van der Waals surface area (Å²) in [5.41, 5.74) is 7.96. The zero-order chi connectivity index (χ0) is 15.4. The van der Waals surface area contributed by atoms with Crippen molar-refractivity contribution in [1.29, 1.82) is 0 Å². The Kier molecular flexibility index (Phi) is 4.23. The highest BCUT2D eigenvalue weighted by atomic mass is 16.4. The Balaban J connectivity index is 2.23. The molecular weight excluding hydrogens is 268 g/mol. The number of nitrogens with two attached hydrogens (primary N) is 1. The van der Waals surface area contributed by atoms with Gasteiger partial charge in [0.15, 0.2) is 6.04 Å². The van der Waals surface area contributed by atoms with Gasteiger partial charge >= 0.3 is 5.97 Å². The molecular formula is C16H16N2O3. The maximum Gasteiger partial charge on any atom is 0.330 e. The molecule has 0 fully saturated rings. The van der Waals surface area contributed by atoms with Crippen LogP contribution in [0.4, 0.5) is 5.69 Å². The van der Waals surface area contributed by atoms with Gasteiger partial charge in [-0.2, -0.15) is 0 Å². The van der Waals surface area contributed by atoms with Crippen molar-refractivity contribution in [3.63, 3.8) is 0 Å². The lowest BCUT2D eigenvalue weighted by Crippen LogP contribution is -2.33. The number of rotatable bonds is 4. The first kappa shape index (κ1) is 14.6. The Morgan fingerprint density at radius 3 is 2.38 bits per heavy atom. The van der Waals surface area contributed by atoms with Crippen molar-refractivity contribution in [3.8, 4) is 0 Å². The van der Waals surface area contributed by atoms with Crippen LogP contribution >= 0.6 is 0 Å². The Morgan fingerprint density at radius 2 is 1.81 bits per heavy atom. The Hall–Kier alpha value is -2.82. The van der Waals surface area contributed by atoms with Crippen LogP contribution in [0.15, 0.2) is 48.5 Å². The van der Waals surface area contributed by atoms with Crippen molar-refractivity contribution < 1.29 is 14.7 Å². The number of amides is 1. The standard InChI is InChI=1S/C16H16N2O3/c1-10-9-12(7-8-13(10)17)15(19)18-14(16(20)21)11-5-3-2-4-6-11/h2-9,14H,17H2,1H3,(H,18,19)(H,20,21). The van der Waals surface area contributed by atoms with Gasteiger partial charge in [0.05, 0.1) is 0 Å². The maximum absolute atomic E-state index is 12.2. The topological polar surface area (TPSA) is 92.4 Å². The smallest absolute Gasteiger partial charge is 0.330 e. The SMILES string of the molecule is Cc1cc(C(=O)NC(C(=O)O)c2ccccc2)ccc1N. The summed E-state index contributed by atoms with van der Waals surface area (Å²) in [6.45, 7) is 1.79. The van der Waals surface area contributed by atoms with Crippen molar-refractivity contribution >= 4 is 17.6 Å². The van der Waals surface area contributed by atoms with Crippen molar-refractivity contribution in [1.82, 2.24) is 5.32 Å². The molecule has 1 amide bonds. The van der Waals surface area contributed by atoms with Crippen LogP contribution in [0.2, 0.25) is 0 Å². The Morgan fingerprint density at radius 1 is 1.14 bits per heavy atom. The van der Waals surface area contributed by atoms with Crippen LogP contribution in [-0.4, -0.2) is 17.0 Å². The summed E-state index contributed by atoms with van der Waals surface area (Å²) in [7, 11) is 0. The van der Waals surface area contributed by atoms with Crippen LogP contribution in [0.3, 0.4) is 0 Å². The lowest BCUT2D eigenvalue weighted by atomic mass is 10.1. The fourth-order valence-electron chi connectivity index (χ4n) is 1.96. The van der Waals surface area contributed by atoms with Crippen molar-refractivity contribution in [2.45, 2.75) is 13.0 Å². The van der Waals surface area contributed by atoms with Gasteiger partial charge in [-0.3, -0.25) is 4.79 Å². The molecule has 0 radical (unpaired) electrons. The second kappa shape index (κ2) is 6.09. The van der Waals surface area contributed by atoms with Gasteiger partial charge in [0, 0.05) is 11.3 Å². The molecule has 1 unspecified atom stereocenters. The largest absolute Gasteiger partial charge is 0.479 e. The van der Waals surface area contributed by atoms with Crippen molar-refractivity contribution in [3.05, 3.63) is 65.2 Å². The molecule has 0 saturated heterocycles. The number of carboxylic acid groups (broad SMARTS) is 1. The van der Waals surface area contributed by atoms with E-state index in [0.29, 0.717) is 16.8 Å². The number of aliphatic carboxylic acids is 1. The summed E-state index contributed by atoms with van der Waals surface area (Å²) in [4.78, 5) is 23.5. The number of hydrogen-bond donors (Lipinski definition) is 3. The molecule has 0 aliphatic heterocycles. The summed E-state index contributed by atoms with van der Waals surface area (Å²) >= 11 is 0. The van der Waals surface area contributed by atoms with E-state index in [4.69, 9.17) is 5.73 Å². The van der Waals surface area contributed by atoms with E-state index in [0.717, 1.165) is 5.56 Å². The molecule has 1 atom stereocenters. The number of carboxylic acids is 1. The first-order valence-electron chi connectivity index (χ1n) is 6.44. The zero-order valence-corrected chi connectivity index (χ0v) is 11.5. The molecule has 0 bridgehead atoms. The van der Waals surface area contributed by atoms with Crippen molar-refractivity contribution in [2.75, 3.05) is 5.73 Å². The number of carbonyl (C=O) groups is 2. The van der Waals surface area contributed by atoms with E-state index in [1.54, 1.807) is 55.5 Å². The molecule has 0 spiro atoms. The van der Waals surface area contributed by atoms with Crippen LogP contribution in [-0.2, 0) is 4.79 Å². The third-order valence-corrected chi connectivity index (χ3v) is 3.19. The van der Waals surface area contributed by atoms with Gasteiger partial charge in [0.2, 0.25) is 0 Å². The van der Waals surface area contributed by atoms with Gasteiger partial charge in [0.1, 0.15) is 0 Å². The van der Waals surface area contributed by atoms with Crippen LogP contribution < -0.4 is 11.1 Å².